The first-order chi connectivity index (χ1) is 7.76. The fourth-order valence-corrected chi connectivity index (χ4v) is 2.48. The van der Waals surface area contributed by atoms with E-state index in [-0.39, 0.29) is 5.41 Å². The molecule has 0 amide bonds. The van der Waals surface area contributed by atoms with Crippen molar-refractivity contribution in [3.63, 3.8) is 0 Å². The zero-order valence-electron chi connectivity index (χ0n) is 9.95. The highest BCUT2D eigenvalue weighted by Gasteiger charge is 2.30. The van der Waals surface area contributed by atoms with Crippen LogP contribution < -0.4 is 5.32 Å². The van der Waals surface area contributed by atoms with E-state index in [0.717, 1.165) is 38.8 Å². The van der Waals surface area contributed by atoms with E-state index in [2.05, 4.69) is 16.5 Å². The molecule has 16 heavy (non-hydrogen) atoms. The van der Waals surface area contributed by atoms with Gasteiger partial charge in [0.25, 0.3) is 0 Å². The summed E-state index contributed by atoms with van der Waals surface area (Å²) in [6.07, 6.45) is 6.08. The average molecular weight is 223 g/mol. The molecule has 4 heteroatoms. The van der Waals surface area contributed by atoms with Crippen molar-refractivity contribution in [3.05, 3.63) is 18.0 Å². The summed E-state index contributed by atoms with van der Waals surface area (Å²) in [6, 6.07) is 2.06. The maximum absolute atomic E-state index is 9.59. The lowest BCUT2D eigenvalue weighted by Crippen LogP contribution is -2.39. The molecule has 0 aliphatic carbocycles. The molecule has 0 radical (unpaired) electrons. The first-order valence-corrected chi connectivity index (χ1v) is 6.04. The van der Waals surface area contributed by atoms with Crippen LogP contribution in [0.2, 0.25) is 0 Å². The highest BCUT2D eigenvalue weighted by Crippen LogP contribution is 2.33. The highest BCUT2D eigenvalue weighted by atomic mass is 16.3. The average Bonchev–Trinajstić information content (AvgIpc) is 2.74. The maximum Gasteiger partial charge on any atom is 0.0492 e. The molecule has 2 N–H and O–H groups in total. The number of nitrogens with one attached hydrogen (secondary N) is 1. The fraction of sp³-hybridized carbons (Fsp3) is 0.750. The summed E-state index contributed by atoms with van der Waals surface area (Å²) in [5.41, 5.74) is 1.39. The van der Waals surface area contributed by atoms with Gasteiger partial charge in [0.1, 0.15) is 0 Å². The third kappa shape index (κ3) is 2.44. The molecule has 0 bridgehead atoms. The van der Waals surface area contributed by atoms with Crippen molar-refractivity contribution in [3.8, 4) is 0 Å². The molecular weight excluding hydrogens is 202 g/mol. The topological polar surface area (TPSA) is 50.1 Å². The molecule has 0 unspecified atom stereocenters. The van der Waals surface area contributed by atoms with Gasteiger partial charge in [0.05, 0.1) is 0 Å². The van der Waals surface area contributed by atoms with Crippen LogP contribution in [0.4, 0.5) is 0 Å². The fourth-order valence-electron chi connectivity index (χ4n) is 2.48. The summed E-state index contributed by atoms with van der Waals surface area (Å²) >= 11 is 0. The van der Waals surface area contributed by atoms with Gasteiger partial charge in [0, 0.05) is 25.5 Å². The van der Waals surface area contributed by atoms with Crippen LogP contribution >= 0.6 is 0 Å². The van der Waals surface area contributed by atoms with Crippen LogP contribution in [0.3, 0.4) is 0 Å². The van der Waals surface area contributed by atoms with Crippen molar-refractivity contribution in [1.82, 2.24) is 15.1 Å². The Morgan fingerprint density at radius 1 is 1.50 bits per heavy atom. The summed E-state index contributed by atoms with van der Waals surface area (Å²) in [7, 11) is 1.98. The number of hydrogen-bond acceptors (Lipinski definition) is 3. The summed E-state index contributed by atoms with van der Waals surface area (Å²) in [4.78, 5) is 0. The van der Waals surface area contributed by atoms with Crippen molar-refractivity contribution in [2.24, 2.45) is 12.5 Å². The van der Waals surface area contributed by atoms with Gasteiger partial charge >= 0.3 is 0 Å². The minimum absolute atomic E-state index is 0.134. The molecule has 0 spiro atoms. The van der Waals surface area contributed by atoms with Gasteiger partial charge < -0.3 is 10.4 Å². The second-order valence-electron chi connectivity index (χ2n) is 4.85. The Bertz CT molecular complexity index is 329. The minimum Gasteiger partial charge on any atom is -0.396 e. The van der Waals surface area contributed by atoms with Crippen molar-refractivity contribution in [1.29, 1.82) is 0 Å². The van der Waals surface area contributed by atoms with Gasteiger partial charge in [-0.3, -0.25) is 4.68 Å². The Labute approximate surface area is 96.7 Å². The molecule has 1 aliphatic heterocycles. The predicted molar refractivity (Wildman–Crippen MR) is 63.2 cm³/mol. The van der Waals surface area contributed by atoms with Crippen LogP contribution in [-0.2, 0) is 13.5 Å². The van der Waals surface area contributed by atoms with Gasteiger partial charge in [-0.05, 0) is 50.3 Å². The molecule has 1 saturated heterocycles. The predicted octanol–water partition coefficient (Wildman–Crippen LogP) is 0.715. The van der Waals surface area contributed by atoms with E-state index in [9.17, 15) is 5.11 Å². The van der Waals surface area contributed by atoms with E-state index < -0.39 is 0 Å². The Hall–Kier alpha value is -0.870. The molecule has 0 atom stereocenters. The molecule has 2 rings (SSSR count). The number of aliphatic hydroxyl groups excluding tert-OH is 1. The second kappa shape index (κ2) is 4.97. The van der Waals surface area contributed by atoms with E-state index in [1.807, 2.05) is 17.9 Å². The molecule has 1 fully saturated rings. The van der Waals surface area contributed by atoms with Crippen LogP contribution in [0.5, 0.6) is 0 Å². The van der Waals surface area contributed by atoms with Gasteiger partial charge in [0.2, 0.25) is 0 Å². The number of aliphatic hydroxyl groups is 1. The highest BCUT2D eigenvalue weighted by molar-refractivity contribution is 5.01. The summed E-state index contributed by atoms with van der Waals surface area (Å²) < 4.78 is 1.92. The summed E-state index contributed by atoms with van der Waals surface area (Å²) in [6.45, 7) is 2.38. The van der Waals surface area contributed by atoms with Crippen LogP contribution in [0, 0.1) is 5.41 Å². The number of hydrogen-bond donors (Lipinski definition) is 2. The van der Waals surface area contributed by atoms with Gasteiger partial charge in [-0.1, -0.05) is 0 Å². The quantitative estimate of drug-likeness (QED) is 0.790. The van der Waals surface area contributed by atoms with Crippen LogP contribution in [0.15, 0.2) is 12.3 Å². The van der Waals surface area contributed by atoms with Gasteiger partial charge in [-0.25, -0.2) is 0 Å². The molecule has 1 aromatic rings. The molecule has 0 saturated carbocycles. The lowest BCUT2D eigenvalue weighted by atomic mass is 9.76. The molecular formula is C12H21N3O. The van der Waals surface area contributed by atoms with E-state index in [0.29, 0.717) is 6.61 Å². The number of rotatable bonds is 4. The molecule has 90 valence electrons. The largest absolute Gasteiger partial charge is 0.396 e. The second-order valence-corrected chi connectivity index (χ2v) is 4.85. The first kappa shape index (κ1) is 11.6. The van der Waals surface area contributed by atoms with E-state index in [1.165, 1.54) is 5.69 Å². The lowest BCUT2D eigenvalue weighted by molar-refractivity contribution is 0.0801. The van der Waals surface area contributed by atoms with Crippen molar-refractivity contribution in [2.75, 3.05) is 19.7 Å². The Morgan fingerprint density at radius 3 is 2.81 bits per heavy atom. The van der Waals surface area contributed by atoms with E-state index in [4.69, 9.17) is 0 Å². The molecule has 1 aromatic heterocycles. The zero-order chi connectivity index (χ0) is 11.4. The van der Waals surface area contributed by atoms with Crippen LogP contribution in [-0.4, -0.2) is 34.6 Å². The summed E-state index contributed by atoms with van der Waals surface area (Å²) in [5, 5.41) is 17.1. The Balaban J connectivity index is 1.94. The van der Waals surface area contributed by atoms with Crippen LogP contribution in [0.1, 0.15) is 25.0 Å². The minimum atomic E-state index is 0.134. The normalized spacial score (nSPS) is 19.9. The number of aromatic nitrogens is 2. The van der Waals surface area contributed by atoms with Crippen molar-refractivity contribution in [2.45, 2.75) is 25.7 Å². The first-order valence-electron chi connectivity index (χ1n) is 6.04. The lowest BCUT2D eigenvalue weighted by Gasteiger charge is -2.36. The Kier molecular flexibility index (Phi) is 3.61. The number of piperidine rings is 1. The smallest absolute Gasteiger partial charge is 0.0492 e. The van der Waals surface area contributed by atoms with E-state index >= 15 is 0 Å². The van der Waals surface area contributed by atoms with Crippen LogP contribution in [0.25, 0.3) is 0 Å². The van der Waals surface area contributed by atoms with Gasteiger partial charge in [-0.15, -0.1) is 0 Å². The van der Waals surface area contributed by atoms with E-state index in [1.54, 1.807) is 0 Å². The van der Waals surface area contributed by atoms with Crippen molar-refractivity contribution < 1.29 is 5.11 Å². The standard InChI is InChI=1S/C12H21N3O/c1-15-11(3-7-14-15)2-4-12(10-16)5-8-13-9-6-12/h3,7,13,16H,2,4-6,8-10H2,1H3. The Morgan fingerprint density at radius 2 is 2.25 bits per heavy atom. The number of nitrogens with zero attached hydrogens (tertiary/aromatic N) is 2. The maximum atomic E-state index is 9.59. The SMILES string of the molecule is Cn1nccc1CCC1(CO)CCNCC1. The molecule has 2 heterocycles. The van der Waals surface area contributed by atoms with Gasteiger partial charge in [-0.2, -0.15) is 5.10 Å². The molecule has 0 aromatic carbocycles. The molecule has 4 nitrogen and oxygen atoms in total. The summed E-state index contributed by atoms with van der Waals surface area (Å²) in [5.74, 6) is 0. The third-order valence-electron chi connectivity index (χ3n) is 3.83. The van der Waals surface area contributed by atoms with Gasteiger partial charge in [0.15, 0.2) is 0 Å². The monoisotopic (exact) mass is 223 g/mol. The zero-order valence-corrected chi connectivity index (χ0v) is 9.95. The molecule has 1 aliphatic rings. The number of aryl methyl sites for hydroxylation is 2. The van der Waals surface area contributed by atoms with Crippen molar-refractivity contribution >= 4 is 0 Å². The third-order valence-corrected chi connectivity index (χ3v) is 3.83.